The lowest BCUT2D eigenvalue weighted by Gasteiger charge is -2.37. The van der Waals surface area contributed by atoms with E-state index in [1.807, 2.05) is 55.4 Å². The molecule has 9 heteroatoms. The van der Waals surface area contributed by atoms with Gasteiger partial charge in [-0.2, -0.15) is 0 Å². The lowest BCUT2D eigenvalue weighted by molar-refractivity contribution is -0.143. The number of likely N-dealkylation sites (tertiary alicyclic amines) is 1. The number of hydrogen-bond donors (Lipinski definition) is 4. The van der Waals surface area contributed by atoms with Gasteiger partial charge in [0, 0.05) is 30.5 Å². The molecule has 0 aromatic rings. The third-order valence-electron chi connectivity index (χ3n) is 7.30. The minimum Gasteiger partial charge on any atom is -0.370 e. The van der Waals surface area contributed by atoms with Crippen LogP contribution in [-0.2, 0) is 14.4 Å². The van der Waals surface area contributed by atoms with Gasteiger partial charge in [-0.15, -0.1) is 0 Å². The molecule has 37 heavy (non-hydrogen) atoms. The Kier molecular flexibility index (Phi) is 9.82. The van der Waals surface area contributed by atoms with Crippen molar-refractivity contribution in [2.45, 2.75) is 111 Å². The van der Waals surface area contributed by atoms with Crippen LogP contribution in [0.2, 0.25) is 0 Å². The van der Waals surface area contributed by atoms with Gasteiger partial charge in [0.15, 0.2) is 0 Å². The number of rotatable bonds is 9. The predicted molar refractivity (Wildman–Crippen MR) is 145 cm³/mol. The Morgan fingerprint density at radius 3 is 2.08 bits per heavy atom. The van der Waals surface area contributed by atoms with E-state index >= 15 is 0 Å². The molecule has 9 nitrogen and oxygen atoms in total. The zero-order valence-electron chi connectivity index (χ0n) is 24.1. The maximum Gasteiger partial charge on any atom is 0.315 e. The molecule has 1 aliphatic carbocycles. The fourth-order valence-corrected chi connectivity index (χ4v) is 5.37. The summed E-state index contributed by atoms with van der Waals surface area (Å²) in [6.07, 6.45) is 4.09. The fraction of sp³-hybridized carbons (Fsp3) is 0.786. The lowest BCUT2D eigenvalue weighted by atomic mass is 9.80. The Hall–Kier alpha value is -2.58. The van der Waals surface area contributed by atoms with Crippen molar-refractivity contribution in [1.82, 2.24) is 20.9 Å². The number of carbonyl (C=O) groups is 4. The Balaban J connectivity index is 2.34. The third-order valence-corrected chi connectivity index (χ3v) is 7.30. The number of hydrogen-bond acceptors (Lipinski definition) is 4. The lowest BCUT2D eigenvalue weighted by Crippen LogP contribution is -2.61. The van der Waals surface area contributed by atoms with E-state index in [0.29, 0.717) is 12.3 Å². The minimum absolute atomic E-state index is 0.0625. The minimum atomic E-state index is -0.861. The van der Waals surface area contributed by atoms with Gasteiger partial charge >= 0.3 is 6.03 Å². The summed E-state index contributed by atoms with van der Waals surface area (Å²) in [7, 11) is 0. The molecule has 0 bridgehead atoms. The summed E-state index contributed by atoms with van der Waals surface area (Å²) >= 11 is 0. The second-order valence-electron chi connectivity index (χ2n) is 13.4. The molecule has 0 spiro atoms. The summed E-state index contributed by atoms with van der Waals surface area (Å²) in [5, 5.41) is 8.76. The molecule has 1 aliphatic heterocycles. The highest BCUT2D eigenvalue weighted by Crippen LogP contribution is 2.37. The Bertz CT molecular complexity index is 882. The first-order valence-corrected chi connectivity index (χ1v) is 13.6. The van der Waals surface area contributed by atoms with Crippen molar-refractivity contribution in [3.05, 3.63) is 12.2 Å². The molecule has 210 valence electrons. The molecule has 2 aliphatic rings. The maximum atomic E-state index is 14.0. The summed E-state index contributed by atoms with van der Waals surface area (Å²) in [6, 6.07) is -2.46. The van der Waals surface area contributed by atoms with E-state index in [9.17, 15) is 19.2 Å². The van der Waals surface area contributed by atoms with Gasteiger partial charge in [0.25, 0.3) is 0 Å². The number of nitrogens with one attached hydrogen (secondary N) is 3. The molecule has 1 heterocycles. The number of carbonyl (C=O) groups excluding carboxylic acids is 4. The quantitative estimate of drug-likeness (QED) is 0.348. The highest BCUT2D eigenvalue weighted by molar-refractivity contribution is 5.94. The van der Waals surface area contributed by atoms with E-state index in [-0.39, 0.29) is 42.7 Å². The molecule has 5 amide bonds. The first-order valence-electron chi connectivity index (χ1n) is 13.6. The van der Waals surface area contributed by atoms with Gasteiger partial charge in [-0.1, -0.05) is 66.0 Å². The Labute approximate surface area is 222 Å². The smallest absolute Gasteiger partial charge is 0.315 e. The van der Waals surface area contributed by atoms with Crippen LogP contribution in [0.5, 0.6) is 0 Å². The first-order chi connectivity index (χ1) is 16.9. The van der Waals surface area contributed by atoms with Gasteiger partial charge in [0.05, 0.1) is 0 Å². The number of urea groups is 1. The molecule has 2 fully saturated rings. The van der Waals surface area contributed by atoms with Crippen LogP contribution in [0.15, 0.2) is 12.2 Å². The van der Waals surface area contributed by atoms with Crippen LogP contribution < -0.4 is 21.7 Å². The first kappa shape index (κ1) is 30.6. The van der Waals surface area contributed by atoms with E-state index in [1.54, 1.807) is 4.90 Å². The van der Waals surface area contributed by atoms with Crippen molar-refractivity contribution in [3.63, 3.8) is 0 Å². The molecule has 0 aromatic heterocycles. The van der Waals surface area contributed by atoms with Gasteiger partial charge in [-0.25, -0.2) is 4.79 Å². The fourth-order valence-electron chi connectivity index (χ4n) is 5.37. The largest absolute Gasteiger partial charge is 0.370 e. The van der Waals surface area contributed by atoms with E-state index in [1.165, 1.54) is 0 Å². The molecule has 0 radical (unpaired) electrons. The molecule has 1 saturated carbocycles. The molecule has 2 unspecified atom stereocenters. The second-order valence-corrected chi connectivity index (χ2v) is 13.4. The van der Waals surface area contributed by atoms with Crippen LogP contribution in [0.3, 0.4) is 0 Å². The summed E-state index contributed by atoms with van der Waals surface area (Å²) in [6.45, 7) is 19.7. The molecule has 4 atom stereocenters. The molecular weight excluding hydrogens is 470 g/mol. The van der Waals surface area contributed by atoms with Crippen molar-refractivity contribution in [2.24, 2.45) is 28.9 Å². The van der Waals surface area contributed by atoms with Gasteiger partial charge in [0.2, 0.25) is 17.7 Å². The monoisotopic (exact) mass is 519 g/mol. The van der Waals surface area contributed by atoms with Crippen LogP contribution in [0.25, 0.3) is 0 Å². The number of primary amides is 1. The average Bonchev–Trinajstić information content (AvgIpc) is 3.03. The van der Waals surface area contributed by atoms with Crippen molar-refractivity contribution < 1.29 is 19.2 Å². The molecule has 1 saturated heterocycles. The summed E-state index contributed by atoms with van der Waals surface area (Å²) in [5.74, 6) is -0.804. The molecule has 5 N–H and O–H groups in total. The maximum absolute atomic E-state index is 14.0. The second kappa shape index (κ2) is 11.9. The van der Waals surface area contributed by atoms with E-state index in [4.69, 9.17) is 5.73 Å². The Morgan fingerprint density at radius 2 is 1.65 bits per heavy atom. The SMILES string of the molecule is C=C1CN(C(=O)[C@@H](NC(=O)NC(C)(C)C)C(C)(C)C)[C@H](C(=O)NC(CC(N)=O)CC2CCC2)C1C(C)C. The van der Waals surface area contributed by atoms with Crippen molar-refractivity contribution in [1.29, 1.82) is 0 Å². The van der Waals surface area contributed by atoms with Gasteiger partial charge in [-0.05, 0) is 44.4 Å². The highest BCUT2D eigenvalue weighted by atomic mass is 16.2. The number of nitrogens with two attached hydrogens (primary N) is 1. The zero-order chi connectivity index (χ0) is 28.3. The Morgan fingerprint density at radius 1 is 1.05 bits per heavy atom. The molecule has 2 rings (SSSR count). The number of amides is 5. The topological polar surface area (TPSA) is 134 Å². The van der Waals surface area contributed by atoms with Crippen molar-refractivity contribution in [3.8, 4) is 0 Å². The predicted octanol–water partition coefficient (Wildman–Crippen LogP) is 3.09. The van der Waals surface area contributed by atoms with Crippen LogP contribution in [-0.4, -0.2) is 58.9 Å². The van der Waals surface area contributed by atoms with E-state index in [0.717, 1.165) is 24.8 Å². The summed E-state index contributed by atoms with van der Waals surface area (Å²) < 4.78 is 0. The highest BCUT2D eigenvalue weighted by Gasteiger charge is 2.49. The number of nitrogens with zero attached hydrogens (tertiary/aromatic N) is 1. The van der Waals surface area contributed by atoms with Crippen LogP contribution in [0, 0.1) is 23.2 Å². The van der Waals surface area contributed by atoms with Gasteiger partial charge < -0.3 is 26.6 Å². The average molecular weight is 520 g/mol. The molecular formula is C28H49N5O4. The normalized spacial score (nSPS) is 22.3. The van der Waals surface area contributed by atoms with E-state index < -0.39 is 35.0 Å². The van der Waals surface area contributed by atoms with E-state index in [2.05, 4.69) is 22.5 Å². The van der Waals surface area contributed by atoms with Crippen molar-refractivity contribution in [2.75, 3.05) is 6.54 Å². The summed E-state index contributed by atoms with van der Waals surface area (Å²) in [4.78, 5) is 53.8. The molecule has 0 aromatic carbocycles. The van der Waals surface area contributed by atoms with Crippen LogP contribution in [0.1, 0.15) is 87.5 Å². The standard InChI is InChI=1S/C28H49N5O4/c1-16(2)21-17(3)15-33(25(36)23(27(4,5)6)31-26(37)32-28(7,8)9)22(21)24(35)30-19(14-20(29)34)13-18-11-10-12-18/h16,18-19,21-23H,3,10-15H2,1-2,4-9H3,(H2,29,34)(H,30,35)(H2,31,32,37)/t19?,21?,22-,23+/m0/s1. The van der Waals surface area contributed by atoms with Crippen LogP contribution >= 0.6 is 0 Å². The van der Waals surface area contributed by atoms with Gasteiger partial charge in [0.1, 0.15) is 12.1 Å². The third kappa shape index (κ3) is 8.47. The summed E-state index contributed by atoms with van der Waals surface area (Å²) in [5.41, 5.74) is 5.22. The van der Waals surface area contributed by atoms with Gasteiger partial charge in [-0.3, -0.25) is 14.4 Å². The van der Waals surface area contributed by atoms with Crippen LogP contribution in [0.4, 0.5) is 4.79 Å². The zero-order valence-corrected chi connectivity index (χ0v) is 24.1. The van der Waals surface area contributed by atoms with Crippen molar-refractivity contribution >= 4 is 23.8 Å².